The molecular weight excluding hydrogens is 188 g/mol. The molecule has 1 saturated heterocycles. The van der Waals surface area contributed by atoms with Crippen molar-refractivity contribution in [3.63, 3.8) is 0 Å². The van der Waals surface area contributed by atoms with E-state index < -0.39 is 0 Å². The molecule has 15 heavy (non-hydrogen) atoms. The van der Waals surface area contributed by atoms with E-state index in [1.807, 2.05) is 12.2 Å². The molecule has 0 radical (unpaired) electrons. The zero-order chi connectivity index (χ0) is 11.3. The first-order valence-electron chi connectivity index (χ1n) is 5.17. The van der Waals surface area contributed by atoms with Gasteiger partial charge in [0.1, 0.15) is 5.76 Å². The average molecular weight is 208 g/mol. The lowest BCUT2D eigenvalue weighted by Gasteiger charge is -2.34. The lowest BCUT2D eigenvalue weighted by Crippen LogP contribution is -2.43. The van der Waals surface area contributed by atoms with Crippen LogP contribution in [0, 0.1) is 0 Å². The lowest BCUT2D eigenvalue weighted by molar-refractivity contribution is 0.190. The molecule has 0 spiro atoms. The molecule has 0 saturated carbocycles. The number of rotatable bonds is 4. The molecule has 0 bridgehead atoms. The van der Waals surface area contributed by atoms with Crippen LogP contribution in [0.5, 0.6) is 0 Å². The van der Waals surface area contributed by atoms with Crippen molar-refractivity contribution in [3.8, 4) is 0 Å². The van der Waals surface area contributed by atoms with Crippen LogP contribution in [-0.4, -0.2) is 50.1 Å². The fraction of sp³-hybridized carbons (Fsp3) is 0.500. The van der Waals surface area contributed by atoms with Gasteiger partial charge in [-0.1, -0.05) is 13.2 Å². The van der Waals surface area contributed by atoms with Gasteiger partial charge in [-0.05, 0) is 19.2 Å². The van der Waals surface area contributed by atoms with Crippen molar-refractivity contribution in [3.05, 3.63) is 36.8 Å². The van der Waals surface area contributed by atoms with E-state index in [1.165, 1.54) is 0 Å². The van der Waals surface area contributed by atoms with Crippen molar-refractivity contribution < 1.29 is 4.74 Å². The first kappa shape index (κ1) is 11.9. The second-order valence-corrected chi connectivity index (χ2v) is 3.79. The Hall–Kier alpha value is -1.22. The third-order valence-electron chi connectivity index (χ3n) is 2.63. The topological polar surface area (TPSA) is 15.7 Å². The minimum absolute atomic E-state index is 0.658. The van der Waals surface area contributed by atoms with Crippen molar-refractivity contribution >= 4 is 0 Å². The van der Waals surface area contributed by atoms with E-state index in [0.29, 0.717) is 5.76 Å². The first-order chi connectivity index (χ1) is 7.13. The molecular formula is C12H20N2O. The van der Waals surface area contributed by atoms with Crippen molar-refractivity contribution in [1.82, 2.24) is 9.80 Å². The summed E-state index contributed by atoms with van der Waals surface area (Å²) in [5, 5.41) is 0. The van der Waals surface area contributed by atoms with Gasteiger partial charge in [0, 0.05) is 31.9 Å². The second kappa shape index (κ2) is 5.61. The minimum atomic E-state index is 0.658. The van der Waals surface area contributed by atoms with Gasteiger partial charge in [0.25, 0.3) is 0 Å². The number of piperazine rings is 1. The maximum absolute atomic E-state index is 4.96. The standard InChI is InChI=1S/C12H20N2O/c1-11(5-6-12(2)15-4)14-9-7-13(3)8-10-14/h5-6H,1-2,7-10H2,3-4H3/b6-5-. The molecule has 1 aliphatic heterocycles. The maximum atomic E-state index is 4.96. The molecule has 0 unspecified atom stereocenters. The largest absolute Gasteiger partial charge is 0.497 e. The summed E-state index contributed by atoms with van der Waals surface area (Å²) in [4.78, 5) is 4.60. The van der Waals surface area contributed by atoms with E-state index in [-0.39, 0.29) is 0 Å². The van der Waals surface area contributed by atoms with E-state index in [0.717, 1.165) is 31.9 Å². The Morgan fingerprint density at radius 3 is 2.27 bits per heavy atom. The summed E-state index contributed by atoms with van der Waals surface area (Å²) >= 11 is 0. The minimum Gasteiger partial charge on any atom is -0.497 e. The van der Waals surface area contributed by atoms with Crippen LogP contribution in [0.4, 0.5) is 0 Å². The lowest BCUT2D eigenvalue weighted by atomic mass is 10.3. The van der Waals surface area contributed by atoms with Gasteiger partial charge in [-0.3, -0.25) is 0 Å². The van der Waals surface area contributed by atoms with Crippen LogP contribution >= 0.6 is 0 Å². The van der Waals surface area contributed by atoms with Crippen molar-refractivity contribution in [1.29, 1.82) is 0 Å². The predicted octanol–water partition coefficient (Wildman–Crippen LogP) is 1.46. The highest BCUT2D eigenvalue weighted by Crippen LogP contribution is 2.09. The summed E-state index contributed by atoms with van der Waals surface area (Å²) in [5.41, 5.74) is 1.03. The maximum Gasteiger partial charge on any atom is 0.111 e. The molecule has 0 aliphatic carbocycles. The number of allylic oxidation sites excluding steroid dienone is 2. The van der Waals surface area contributed by atoms with Crippen LogP contribution in [-0.2, 0) is 4.74 Å². The zero-order valence-electron chi connectivity index (χ0n) is 9.70. The van der Waals surface area contributed by atoms with Crippen LogP contribution in [0.3, 0.4) is 0 Å². The SMILES string of the molecule is C=C(/C=C\C(=C)N1CCN(C)CC1)OC. The zero-order valence-corrected chi connectivity index (χ0v) is 9.70. The average Bonchev–Trinajstić information content (AvgIpc) is 2.26. The predicted molar refractivity (Wildman–Crippen MR) is 63.5 cm³/mol. The normalized spacial score (nSPS) is 18.1. The van der Waals surface area contributed by atoms with Gasteiger partial charge in [0.05, 0.1) is 7.11 Å². The van der Waals surface area contributed by atoms with E-state index >= 15 is 0 Å². The number of nitrogens with zero attached hydrogens (tertiary/aromatic N) is 2. The molecule has 0 N–H and O–H groups in total. The van der Waals surface area contributed by atoms with E-state index in [2.05, 4.69) is 30.0 Å². The molecule has 1 heterocycles. The van der Waals surface area contributed by atoms with Crippen molar-refractivity contribution in [2.24, 2.45) is 0 Å². The molecule has 1 fully saturated rings. The quantitative estimate of drug-likeness (QED) is 0.514. The van der Waals surface area contributed by atoms with Gasteiger partial charge in [0.2, 0.25) is 0 Å². The third-order valence-corrected chi connectivity index (χ3v) is 2.63. The number of hydrogen-bond acceptors (Lipinski definition) is 3. The van der Waals surface area contributed by atoms with Crippen molar-refractivity contribution in [2.75, 3.05) is 40.3 Å². The highest BCUT2D eigenvalue weighted by Gasteiger charge is 2.13. The number of hydrogen-bond donors (Lipinski definition) is 0. The Kier molecular flexibility index (Phi) is 4.43. The third kappa shape index (κ3) is 3.80. The van der Waals surface area contributed by atoms with Gasteiger partial charge in [0.15, 0.2) is 0 Å². The van der Waals surface area contributed by atoms with Crippen LogP contribution in [0.25, 0.3) is 0 Å². The molecule has 3 nitrogen and oxygen atoms in total. The smallest absolute Gasteiger partial charge is 0.111 e. The summed E-state index contributed by atoms with van der Waals surface area (Å²) < 4.78 is 4.96. The molecule has 3 heteroatoms. The fourth-order valence-electron chi connectivity index (χ4n) is 1.46. The second-order valence-electron chi connectivity index (χ2n) is 3.79. The van der Waals surface area contributed by atoms with Gasteiger partial charge in [-0.25, -0.2) is 0 Å². The summed E-state index contributed by atoms with van der Waals surface area (Å²) in [6, 6.07) is 0. The van der Waals surface area contributed by atoms with Crippen molar-refractivity contribution in [2.45, 2.75) is 0 Å². The Bertz CT molecular complexity index is 263. The van der Waals surface area contributed by atoms with Crippen LogP contribution in [0.1, 0.15) is 0 Å². The highest BCUT2D eigenvalue weighted by atomic mass is 16.5. The Labute approximate surface area is 92.3 Å². The summed E-state index contributed by atoms with van der Waals surface area (Å²) in [6.07, 6.45) is 3.80. The van der Waals surface area contributed by atoms with Crippen LogP contribution in [0.2, 0.25) is 0 Å². The number of likely N-dealkylation sites (N-methyl/N-ethyl adjacent to an activating group) is 1. The van der Waals surface area contributed by atoms with E-state index in [4.69, 9.17) is 4.74 Å². The Morgan fingerprint density at radius 2 is 1.73 bits per heavy atom. The molecule has 0 atom stereocenters. The van der Waals surface area contributed by atoms with E-state index in [1.54, 1.807) is 7.11 Å². The molecule has 0 aromatic rings. The van der Waals surface area contributed by atoms with Gasteiger partial charge in [-0.2, -0.15) is 0 Å². The Balaban J connectivity index is 2.40. The van der Waals surface area contributed by atoms with Gasteiger partial charge >= 0.3 is 0 Å². The molecule has 0 amide bonds. The molecule has 1 aliphatic rings. The Morgan fingerprint density at radius 1 is 1.13 bits per heavy atom. The summed E-state index contributed by atoms with van der Waals surface area (Å²) in [6.45, 7) is 12.0. The van der Waals surface area contributed by atoms with E-state index in [9.17, 15) is 0 Å². The van der Waals surface area contributed by atoms with Gasteiger partial charge in [-0.15, -0.1) is 0 Å². The molecule has 1 rings (SSSR count). The molecule has 0 aromatic heterocycles. The first-order valence-corrected chi connectivity index (χ1v) is 5.17. The monoisotopic (exact) mass is 208 g/mol. The number of methoxy groups -OCH3 is 1. The van der Waals surface area contributed by atoms with Crippen LogP contribution < -0.4 is 0 Å². The highest BCUT2D eigenvalue weighted by molar-refractivity contribution is 5.20. The molecule has 84 valence electrons. The summed E-state index contributed by atoms with van der Waals surface area (Å²) in [7, 11) is 3.76. The fourth-order valence-corrected chi connectivity index (χ4v) is 1.46. The summed E-state index contributed by atoms with van der Waals surface area (Å²) in [5.74, 6) is 0.658. The van der Waals surface area contributed by atoms with Gasteiger partial charge < -0.3 is 14.5 Å². The van der Waals surface area contributed by atoms with Crippen LogP contribution in [0.15, 0.2) is 36.8 Å². The number of ether oxygens (including phenoxy) is 1. The molecule has 0 aromatic carbocycles.